The summed E-state index contributed by atoms with van der Waals surface area (Å²) in [6.07, 6.45) is 6.37. The third-order valence-electron chi connectivity index (χ3n) is 3.48. The number of nitrogens with zero attached hydrogens (tertiary/aromatic N) is 2. The Hall–Kier alpha value is -0.940. The predicted molar refractivity (Wildman–Crippen MR) is 73.1 cm³/mol. The van der Waals surface area contributed by atoms with E-state index in [4.69, 9.17) is 9.26 Å². The van der Waals surface area contributed by atoms with Crippen LogP contribution < -0.4 is 5.32 Å². The van der Waals surface area contributed by atoms with E-state index in [1.54, 1.807) is 0 Å². The van der Waals surface area contributed by atoms with Crippen LogP contribution >= 0.6 is 0 Å². The summed E-state index contributed by atoms with van der Waals surface area (Å²) >= 11 is 0. The molecule has 2 atom stereocenters. The van der Waals surface area contributed by atoms with Crippen molar-refractivity contribution in [2.75, 3.05) is 13.2 Å². The molecule has 5 heteroatoms. The summed E-state index contributed by atoms with van der Waals surface area (Å²) < 4.78 is 10.9. The molecule has 1 aromatic rings. The van der Waals surface area contributed by atoms with Crippen LogP contribution in [0.5, 0.6) is 0 Å². The number of hydrogen-bond acceptors (Lipinski definition) is 5. The van der Waals surface area contributed by atoms with Gasteiger partial charge in [-0.3, -0.25) is 0 Å². The van der Waals surface area contributed by atoms with Crippen molar-refractivity contribution in [2.24, 2.45) is 0 Å². The molecule has 1 aromatic heterocycles. The fourth-order valence-electron chi connectivity index (χ4n) is 2.32. The van der Waals surface area contributed by atoms with Crippen LogP contribution in [0.15, 0.2) is 4.52 Å². The fourth-order valence-corrected chi connectivity index (χ4v) is 2.32. The van der Waals surface area contributed by atoms with Crippen LogP contribution in [0, 0.1) is 0 Å². The second-order valence-corrected chi connectivity index (χ2v) is 5.34. The summed E-state index contributed by atoms with van der Waals surface area (Å²) in [6.45, 7) is 6.31. The molecule has 1 aliphatic rings. The van der Waals surface area contributed by atoms with Gasteiger partial charge in [-0.1, -0.05) is 12.1 Å². The summed E-state index contributed by atoms with van der Waals surface area (Å²) in [7, 11) is 0. The molecule has 2 rings (SSSR count). The quantitative estimate of drug-likeness (QED) is 0.781. The number of rotatable bonds is 8. The van der Waals surface area contributed by atoms with E-state index in [-0.39, 0.29) is 6.10 Å². The Bertz CT molecular complexity index is 361. The molecule has 108 valence electrons. The molecule has 1 N–H and O–H groups in total. The van der Waals surface area contributed by atoms with Crippen molar-refractivity contribution in [3.8, 4) is 0 Å². The maximum atomic E-state index is 5.58. The van der Waals surface area contributed by atoms with Gasteiger partial charge in [-0.25, -0.2) is 0 Å². The van der Waals surface area contributed by atoms with Crippen LogP contribution in [-0.4, -0.2) is 35.4 Å². The highest BCUT2D eigenvalue weighted by Crippen LogP contribution is 2.16. The zero-order valence-corrected chi connectivity index (χ0v) is 12.0. The molecule has 1 fully saturated rings. The van der Waals surface area contributed by atoms with Crippen LogP contribution in [0.4, 0.5) is 0 Å². The van der Waals surface area contributed by atoms with Gasteiger partial charge >= 0.3 is 0 Å². The highest BCUT2D eigenvalue weighted by atomic mass is 16.5. The van der Waals surface area contributed by atoms with Gasteiger partial charge in [-0.05, 0) is 39.2 Å². The van der Waals surface area contributed by atoms with Crippen LogP contribution in [0.3, 0.4) is 0 Å². The zero-order chi connectivity index (χ0) is 13.5. The van der Waals surface area contributed by atoms with Crippen LogP contribution in [0.25, 0.3) is 0 Å². The smallest absolute Gasteiger partial charge is 0.226 e. The van der Waals surface area contributed by atoms with Crippen molar-refractivity contribution in [3.05, 3.63) is 11.7 Å². The molecule has 2 unspecified atom stereocenters. The Morgan fingerprint density at radius 1 is 1.47 bits per heavy atom. The number of aryl methyl sites for hydroxylation is 1. The summed E-state index contributed by atoms with van der Waals surface area (Å²) in [5, 5.41) is 7.49. The second kappa shape index (κ2) is 7.60. The minimum atomic E-state index is 0.288. The SMILES string of the molecule is CCCNC(C)CCc1nc(CC2CCCO2)no1. The molecule has 0 amide bonds. The van der Waals surface area contributed by atoms with Gasteiger partial charge in [0.15, 0.2) is 5.82 Å². The Balaban J connectivity index is 1.71. The molecule has 0 bridgehead atoms. The van der Waals surface area contributed by atoms with Gasteiger partial charge in [-0.15, -0.1) is 0 Å². The highest BCUT2D eigenvalue weighted by Gasteiger charge is 2.19. The van der Waals surface area contributed by atoms with Crippen molar-refractivity contribution in [1.82, 2.24) is 15.5 Å². The largest absolute Gasteiger partial charge is 0.378 e. The maximum Gasteiger partial charge on any atom is 0.226 e. The first-order valence-corrected chi connectivity index (χ1v) is 7.44. The summed E-state index contributed by atoms with van der Waals surface area (Å²) in [5.41, 5.74) is 0. The molecular formula is C14H25N3O2. The van der Waals surface area contributed by atoms with E-state index in [1.165, 1.54) is 0 Å². The van der Waals surface area contributed by atoms with Crippen molar-refractivity contribution < 1.29 is 9.26 Å². The van der Waals surface area contributed by atoms with E-state index in [0.29, 0.717) is 6.04 Å². The minimum Gasteiger partial charge on any atom is -0.378 e. The number of hydrogen-bond donors (Lipinski definition) is 1. The van der Waals surface area contributed by atoms with Gasteiger partial charge < -0.3 is 14.6 Å². The van der Waals surface area contributed by atoms with Gasteiger partial charge in [0, 0.05) is 25.5 Å². The first-order valence-electron chi connectivity index (χ1n) is 7.44. The van der Waals surface area contributed by atoms with Crippen molar-refractivity contribution in [2.45, 2.75) is 64.5 Å². The summed E-state index contributed by atoms with van der Waals surface area (Å²) in [6, 6.07) is 0.494. The average Bonchev–Trinajstić information content (AvgIpc) is 3.06. The molecule has 0 aromatic carbocycles. The van der Waals surface area contributed by atoms with Crippen molar-refractivity contribution in [3.63, 3.8) is 0 Å². The molecule has 1 aliphatic heterocycles. The van der Waals surface area contributed by atoms with Gasteiger partial charge in [0.25, 0.3) is 0 Å². The minimum absolute atomic E-state index is 0.288. The highest BCUT2D eigenvalue weighted by molar-refractivity contribution is 4.90. The van der Waals surface area contributed by atoms with E-state index >= 15 is 0 Å². The lowest BCUT2D eigenvalue weighted by Gasteiger charge is -2.10. The first-order chi connectivity index (χ1) is 9.28. The van der Waals surface area contributed by atoms with Crippen molar-refractivity contribution >= 4 is 0 Å². The molecular weight excluding hydrogens is 242 g/mol. The monoisotopic (exact) mass is 267 g/mol. The molecule has 19 heavy (non-hydrogen) atoms. The van der Waals surface area contributed by atoms with Gasteiger partial charge in [0.1, 0.15) is 0 Å². The Morgan fingerprint density at radius 2 is 2.37 bits per heavy atom. The van der Waals surface area contributed by atoms with E-state index < -0.39 is 0 Å². The van der Waals surface area contributed by atoms with E-state index in [1.807, 2.05) is 0 Å². The Morgan fingerprint density at radius 3 is 3.11 bits per heavy atom. The second-order valence-electron chi connectivity index (χ2n) is 5.34. The standard InChI is InChI=1S/C14H25N3O2/c1-3-8-15-11(2)6-7-14-16-13(17-19-14)10-12-5-4-9-18-12/h11-12,15H,3-10H2,1-2H3. The van der Waals surface area contributed by atoms with E-state index in [0.717, 1.165) is 63.4 Å². The van der Waals surface area contributed by atoms with E-state index in [2.05, 4.69) is 29.3 Å². The number of aromatic nitrogens is 2. The van der Waals surface area contributed by atoms with E-state index in [9.17, 15) is 0 Å². The van der Waals surface area contributed by atoms with Gasteiger partial charge in [0.05, 0.1) is 6.10 Å². The predicted octanol–water partition coefficient (Wildman–Crippen LogP) is 2.11. The number of ether oxygens (including phenoxy) is 1. The molecule has 2 heterocycles. The Kier molecular flexibility index (Phi) is 5.79. The molecule has 5 nitrogen and oxygen atoms in total. The van der Waals surface area contributed by atoms with Crippen LogP contribution in [-0.2, 0) is 17.6 Å². The van der Waals surface area contributed by atoms with Crippen LogP contribution in [0.1, 0.15) is 51.2 Å². The van der Waals surface area contributed by atoms with Crippen molar-refractivity contribution in [1.29, 1.82) is 0 Å². The molecule has 0 saturated carbocycles. The molecule has 1 saturated heterocycles. The average molecular weight is 267 g/mol. The summed E-state index contributed by atoms with van der Waals surface area (Å²) in [5.74, 6) is 1.54. The lowest BCUT2D eigenvalue weighted by atomic mass is 10.1. The maximum absolute atomic E-state index is 5.58. The lowest BCUT2D eigenvalue weighted by molar-refractivity contribution is 0.109. The zero-order valence-electron chi connectivity index (χ0n) is 12.0. The molecule has 0 aliphatic carbocycles. The third-order valence-corrected chi connectivity index (χ3v) is 3.48. The third kappa shape index (κ3) is 4.91. The van der Waals surface area contributed by atoms with Crippen LogP contribution in [0.2, 0.25) is 0 Å². The van der Waals surface area contributed by atoms with Gasteiger partial charge in [0.2, 0.25) is 5.89 Å². The topological polar surface area (TPSA) is 60.2 Å². The van der Waals surface area contributed by atoms with Gasteiger partial charge in [-0.2, -0.15) is 4.98 Å². The fraction of sp³-hybridized carbons (Fsp3) is 0.857. The molecule has 0 radical (unpaired) electrons. The lowest BCUT2D eigenvalue weighted by Crippen LogP contribution is -2.27. The number of nitrogens with one attached hydrogen (secondary N) is 1. The Labute approximate surface area is 115 Å². The first kappa shape index (κ1) is 14.5. The summed E-state index contributed by atoms with van der Waals surface area (Å²) in [4.78, 5) is 4.44. The molecule has 0 spiro atoms. The normalized spacial score (nSPS) is 20.8.